The van der Waals surface area contributed by atoms with Gasteiger partial charge >= 0.3 is 0 Å². The third-order valence-corrected chi connectivity index (χ3v) is 2.92. The van der Waals surface area contributed by atoms with Crippen LogP contribution in [0, 0.1) is 11.3 Å². The third kappa shape index (κ3) is 2.79. The minimum atomic E-state index is 0.626. The highest BCUT2D eigenvalue weighted by molar-refractivity contribution is 6.30. The average molecular weight is 258 g/mol. The van der Waals surface area contributed by atoms with E-state index in [1.165, 1.54) is 0 Å². The lowest BCUT2D eigenvalue weighted by Gasteiger charge is -2.20. The minimum absolute atomic E-state index is 0.626. The van der Waals surface area contributed by atoms with Crippen molar-refractivity contribution in [3.8, 4) is 6.07 Å². The highest BCUT2D eigenvalue weighted by Crippen LogP contribution is 2.19. The molecule has 90 valence electrons. The summed E-state index contributed by atoms with van der Waals surface area (Å²) in [6.07, 6.45) is 3.33. The molecule has 0 spiro atoms. The van der Waals surface area contributed by atoms with E-state index in [1.54, 1.807) is 18.5 Å². The summed E-state index contributed by atoms with van der Waals surface area (Å²) in [7, 11) is 1.94. The topological polar surface area (TPSA) is 39.9 Å². The van der Waals surface area contributed by atoms with Crippen LogP contribution in [0.3, 0.4) is 0 Å². The second-order valence-electron chi connectivity index (χ2n) is 3.99. The molecule has 0 unspecified atom stereocenters. The van der Waals surface area contributed by atoms with E-state index in [0.717, 1.165) is 16.3 Å². The van der Waals surface area contributed by atoms with Gasteiger partial charge in [-0.25, -0.2) is 0 Å². The molecule has 0 radical (unpaired) electrons. The van der Waals surface area contributed by atoms with Crippen molar-refractivity contribution in [3.63, 3.8) is 0 Å². The summed E-state index contributed by atoms with van der Waals surface area (Å²) in [6.45, 7) is 0.706. The Morgan fingerprint density at radius 1 is 1.28 bits per heavy atom. The fourth-order valence-corrected chi connectivity index (χ4v) is 1.86. The van der Waals surface area contributed by atoms with Crippen molar-refractivity contribution in [2.24, 2.45) is 0 Å². The number of hydrogen-bond donors (Lipinski definition) is 0. The molecule has 0 aliphatic heterocycles. The SMILES string of the molecule is CN(Cc1ccc(Cl)cc1)c1cnccc1C#N. The first-order valence-electron chi connectivity index (χ1n) is 5.50. The third-order valence-electron chi connectivity index (χ3n) is 2.66. The number of rotatable bonds is 3. The quantitative estimate of drug-likeness (QED) is 0.847. The van der Waals surface area contributed by atoms with Crippen LogP contribution in [0.4, 0.5) is 5.69 Å². The summed E-state index contributed by atoms with van der Waals surface area (Å²) in [4.78, 5) is 6.05. The van der Waals surface area contributed by atoms with Gasteiger partial charge in [0.25, 0.3) is 0 Å². The molecule has 3 nitrogen and oxygen atoms in total. The van der Waals surface area contributed by atoms with Crippen LogP contribution in [0.25, 0.3) is 0 Å². The maximum Gasteiger partial charge on any atom is 0.101 e. The van der Waals surface area contributed by atoms with Crippen LogP contribution in [0.15, 0.2) is 42.7 Å². The molecule has 0 amide bonds. The van der Waals surface area contributed by atoms with E-state index in [0.29, 0.717) is 12.1 Å². The maximum absolute atomic E-state index is 9.05. The summed E-state index contributed by atoms with van der Waals surface area (Å²) >= 11 is 5.85. The first-order valence-corrected chi connectivity index (χ1v) is 5.88. The van der Waals surface area contributed by atoms with Crippen LogP contribution >= 0.6 is 11.6 Å². The van der Waals surface area contributed by atoms with Gasteiger partial charge in [-0.1, -0.05) is 23.7 Å². The van der Waals surface area contributed by atoms with Crippen molar-refractivity contribution in [3.05, 3.63) is 58.9 Å². The zero-order chi connectivity index (χ0) is 13.0. The van der Waals surface area contributed by atoms with Gasteiger partial charge in [-0.15, -0.1) is 0 Å². The Morgan fingerprint density at radius 2 is 2.00 bits per heavy atom. The van der Waals surface area contributed by atoms with Crippen molar-refractivity contribution in [2.45, 2.75) is 6.54 Å². The number of benzene rings is 1. The van der Waals surface area contributed by atoms with E-state index >= 15 is 0 Å². The highest BCUT2D eigenvalue weighted by Gasteiger charge is 2.07. The molecular formula is C14H12ClN3. The van der Waals surface area contributed by atoms with Gasteiger partial charge in [0, 0.05) is 24.8 Å². The van der Waals surface area contributed by atoms with E-state index in [9.17, 15) is 0 Å². The van der Waals surface area contributed by atoms with E-state index in [-0.39, 0.29) is 0 Å². The second-order valence-corrected chi connectivity index (χ2v) is 4.42. The van der Waals surface area contributed by atoms with Crippen LogP contribution in [-0.2, 0) is 6.54 Å². The van der Waals surface area contributed by atoms with E-state index in [1.807, 2.05) is 36.2 Å². The molecule has 2 rings (SSSR count). The molecule has 1 aromatic heterocycles. The van der Waals surface area contributed by atoms with Crippen molar-refractivity contribution in [1.29, 1.82) is 5.26 Å². The number of halogens is 1. The van der Waals surface area contributed by atoms with Crippen LogP contribution in [0.2, 0.25) is 5.02 Å². The van der Waals surface area contributed by atoms with Gasteiger partial charge in [-0.2, -0.15) is 5.26 Å². The number of aromatic nitrogens is 1. The van der Waals surface area contributed by atoms with Gasteiger partial charge in [0.15, 0.2) is 0 Å². The van der Waals surface area contributed by atoms with Crippen LogP contribution < -0.4 is 4.90 Å². The summed E-state index contributed by atoms with van der Waals surface area (Å²) in [5.74, 6) is 0. The summed E-state index contributed by atoms with van der Waals surface area (Å²) in [6, 6.07) is 11.6. The Labute approximate surface area is 111 Å². The number of nitrogens with zero attached hydrogens (tertiary/aromatic N) is 3. The molecule has 0 saturated heterocycles. The summed E-state index contributed by atoms with van der Waals surface area (Å²) < 4.78 is 0. The number of pyridine rings is 1. The van der Waals surface area contributed by atoms with Gasteiger partial charge in [0.2, 0.25) is 0 Å². The number of anilines is 1. The molecule has 0 saturated carbocycles. The van der Waals surface area contributed by atoms with Crippen LogP contribution in [0.5, 0.6) is 0 Å². The Bertz CT molecular complexity index is 572. The lowest BCUT2D eigenvalue weighted by molar-refractivity contribution is 0.915. The fourth-order valence-electron chi connectivity index (χ4n) is 1.73. The Kier molecular flexibility index (Phi) is 3.81. The van der Waals surface area contributed by atoms with Crippen molar-refractivity contribution in [2.75, 3.05) is 11.9 Å². The van der Waals surface area contributed by atoms with Gasteiger partial charge in [0.05, 0.1) is 17.4 Å². The fraction of sp³-hybridized carbons (Fsp3) is 0.143. The normalized spacial score (nSPS) is 9.83. The molecule has 1 aromatic carbocycles. The Balaban J connectivity index is 2.19. The van der Waals surface area contributed by atoms with Crippen molar-refractivity contribution in [1.82, 2.24) is 4.98 Å². The molecule has 0 aliphatic rings. The second kappa shape index (κ2) is 5.52. The first-order chi connectivity index (χ1) is 8.70. The molecule has 0 fully saturated rings. The maximum atomic E-state index is 9.05. The monoisotopic (exact) mass is 257 g/mol. The molecule has 0 bridgehead atoms. The smallest absolute Gasteiger partial charge is 0.101 e. The summed E-state index contributed by atoms with van der Waals surface area (Å²) in [5.41, 5.74) is 2.59. The molecular weight excluding hydrogens is 246 g/mol. The summed E-state index contributed by atoms with van der Waals surface area (Å²) in [5, 5.41) is 9.77. The lowest BCUT2D eigenvalue weighted by atomic mass is 10.2. The zero-order valence-electron chi connectivity index (χ0n) is 9.97. The van der Waals surface area contributed by atoms with Gasteiger partial charge in [0.1, 0.15) is 6.07 Å². The Morgan fingerprint density at radius 3 is 2.67 bits per heavy atom. The predicted molar refractivity (Wildman–Crippen MR) is 72.5 cm³/mol. The number of nitriles is 1. The molecule has 0 atom stereocenters. The first kappa shape index (κ1) is 12.4. The molecule has 0 aliphatic carbocycles. The van der Waals surface area contributed by atoms with Crippen molar-refractivity contribution >= 4 is 17.3 Å². The van der Waals surface area contributed by atoms with Crippen LogP contribution in [0.1, 0.15) is 11.1 Å². The Hall–Kier alpha value is -2.05. The van der Waals surface area contributed by atoms with Crippen LogP contribution in [-0.4, -0.2) is 12.0 Å². The molecule has 2 aromatic rings. The highest BCUT2D eigenvalue weighted by atomic mass is 35.5. The number of hydrogen-bond acceptors (Lipinski definition) is 3. The van der Waals surface area contributed by atoms with E-state index in [2.05, 4.69) is 11.1 Å². The van der Waals surface area contributed by atoms with E-state index in [4.69, 9.17) is 16.9 Å². The minimum Gasteiger partial charge on any atom is -0.368 e. The standard InChI is InChI=1S/C14H12ClN3/c1-18(10-11-2-4-13(15)5-3-11)14-9-17-7-6-12(14)8-16/h2-7,9H,10H2,1H3. The molecule has 18 heavy (non-hydrogen) atoms. The zero-order valence-corrected chi connectivity index (χ0v) is 10.7. The molecule has 4 heteroatoms. The van der Waals surface area contributed by atoms with Gasteiger partial charge in [-0.05, 0) is 23.8 Å². The largest absolute Gasteiger partial charge is 0.368 e. The molecule has 0 N–H and O–H groups in total. The van der Waals surface area contributed by atoms with Gasteiger partial charge in [-0.3, -0.25) is 4.98 Å². The molecule has 1 heterocycles. The lowest BCUT2D eigenvalue weighted by Crippen LogP contribution is -2.17. The van der Waals surface area contributed by atoms with E-state index < -0.39 is 0 Å². The van der Waals surface area contributed by atoms with Gasteiger partial charge < -0.3 is 4.90 Å². The predicted octanol–water partition coefficient (Wildman–Crippen LogP) is 3.24. The average Bonchev–Trinajstić information content (AvgIpc) is 2.41. The van der Waals surface area contributed by atoms with Crippen molar-refractivity contribution < 1.29 is 0 Å².